The number of benzene rings is 1. The molecule has 1 aliphatic heterocycles. The summed E-state index contributed by atoms with van der Waals surface area (Å²) in [6, 6.07) is 8.04. The van der Waals surface area contributed by atoms with Crippen LogP contribution < -0.4 is 11.1 Å². The van der Waals surface area contributed by atoms with Crippen molar-refractivity contribution in [2.75, 3.05) is 13.1 Å². The van der Waals surface area contributed by atoms with Crippen molar-refractivity contribution in [3.8, 4) is 0 Å². The highest BCUT2D eigenvalue weighted by atomic mass is 35.5. The first-order chi connectivity index (χ1) is 10.0. The zero-order valence-corrected chi connectivity index (χ0v) is 14.4. The zero-order valence-electron chi connectivity index (χ0n) is 13.5. The predicted molar refractivity (Wildman–Crippen MR) is 92.9 cm³/mol. The first-order valence-electron chi connectivity index (χ1n) is 7.88. The van der Waals surface area contributed by atoms with E-state index in [1.54, 1.807) is 6.92 Å². The monoisotopic (exact) mass is 325 g/mol. The molecule has 4 nitrogen and oxygen atoms in total. The Bertz CT molecular complexity index is 453. The Kier molecular flexibility index (Phi) is 7.87. The predicted octanol–water partition coefficient (Wildman–Crippen LogP) is 2.30. The number of hydrogen-bond donors (Lipinski definition) is 2. The molecule has 1 aromatic carbocycles. The summed E-state index contributed by atoms with van der Waals surface area (Å²) in [5.74, 6) is 0.763. The number of hydrogen-bond acceptors (Lipinski definition) is 3. The lowest BCUT2D eigenvalue weighted by molar-refractivity contribution is -0.122. The molecule has 2 rings (SSSR count). The molecule has 0 aliphatic carbocycles. The average molecular weight is 326 g/mol. The molecule has 1 saturated heterocycles. The lowest BCUT2D eigenvalue weighted by atomic mass is 9.99. The van der Waals surface area contributed by atoms with E-state index in [2.05, 4.69) is 41.4 Å². The van der Waals surface area contributed by atoms with Gasteiger partial charge in [0.1, 0.15) is 0 Å². The van der Waals surface area contributed by atoms with E-state index in [1.165, 1.54) is 31.5 Å². The molecule has 1 unspecified atom stereocenters. The molecule has 0 spiro atoms. The molecule has 1 aliphatic rings. The van der Waals surface area contributed by atoms with Crippen molar-refractivity contribution < 1.29 is 4.79 Å². The average Bonchev–Trinajstić information content (AvgIpc) is 2.48. The van der Waals surface area contributed by atoms with Crippen LogP contribution in [0, 0.1) is 5.92 Å². The van der Waals surface area contributed by atoms with Crippen molar-refractivity contribution >= 4 is 18.3 Å². The summed E-state index contributed by atoms with van der Waals surface area (Å²) in [5, 5.41) is 2.83. The number of carbonyl (C=O) groups is 1. The van der Waals surface area contributed by atoms with Gasteiger partial charge in [0.2, 0.25) is 5.91 Å². The SMILES string of the molecule is CC1CCN(Cc2ccc(CNC(=O)C(C)N)cc2)CC1.Cl. The largest absolute Gasteiger partial charge is 0.351 e. The van der Waals surface area contributed by atoms with E-state index in [1.807, 2.05) is 0 Å². The highest BCUT2D eigenvalue weighted by molar-refractivity contribution is 5.85. The summed E-state index contributed by atoms with van der Waals surface area (Å²) >= 11 is 0. The molecule has 124 valence electrons. The van der Waals surface area contributed by atoms with E-state index in [4.69, 9.17) is 5.73 Å². The van der Waals surface area contributed by atoms with Gasteiger partial charge in [0.15, 0.2) is 0 Å². The molecular weight excluding hydrogens is 298 g/mol. The molecule has 1 heterocycles. The second-order valence-corrected chi connectivity index (χ2v) is 6.28. The fourth-order valence-corrected chi connectivity index (χ4v) is 2.59. The zero-order chi connectivity index (χ0) is 15.2. The third-order valence-electron chi connectivity index (χ3n) is 4.19. The molecule has 1 fully saturated rings. The van der Waals surface area contributed by atoms with Crippen LogP contribution in [0.4, 0.5) is 0 Å². The highest BCUT2D eigenvalue weighted by Gasteiger charge is 2.15. The number of nitrogens with one attached hydrogen (secondary N) is 1. The van der Waals surface area contributed by atoms with Crippen LogP contribution in [-0.4, -0.2) is 29.9 Å². The molecule has 1 aromatic rings. The Morgan fingerprint density at radius 2 is 1.82 bits per heavy atom. The minimum atomic E-state index is -0.453. The third-order valence-corrected chi connectivity index (χ3v) is 4.19. The summed E-state index contributed by atoms with van der Waals surface area (Å²) in [7, 11) is 0. The molecular formula is C17H28ClN3O. The Hall–Kier alpha value is -1.10. The van der Waals surface area contributed by atoms with E-state index >= 15 is 0 Å². The van der Waals surface area contributed by atoms with Gasteiger partial charge in [0.25, 0.3) is 0 Å². The Morgan fingerprint density at radius 1 is 1.27 bits per heavy atom. The van der Waals surface area contributed by atoms with E-state index in [0.717, 1.165) is 18.0 Å². The number of nitrogens with zero attached hydrogens (tertiary/aromatic N) is 1. The van der Waals surface area contributed by atoms with E-state index in [0.29, 0.717) is 6.54 Å². The van der Waals surface area contributed by atoms with Gasteiger partial charge in [-0.1, -0.05) is 31.2 Å². The Morgan fingerprint density at radius 3 is 2.36 bits per heavy atom. The van der Waals surface area contributed by atoms with E-state index < -0.39 is 6.04 Å². The summed E-state index contributed by atoms with van der Waals surface area (Å²) in [6.07, 6.45) is 2.61. The molecule has 0 radical (unpaired) electrons. The standard InChI is InChI=1S/C17H27N3O.ClH/c1-13-7-9-20(10-8-13)12-16-5-3-15(4-6-16)11-19-17(21)14(2)18;/h3-6,13-14H,7-12,18H2,1-2H3,(H,19,21);1H. The number of halogens is 1. The molecule has 5 heteroatoms. The molecule has 1 amide bonds. The third kappa shape index (κ3) is 5.95. The number of carbonyl (C=O) groups excluding carboxylic acids is 1. The van der Waals surface area contributed by atoms with Gasteiger partial charge in [-0.25, -0.2) is 0 Å². The summed E-state index contributed by atoms with van der Waals surface area (Å²) in [6.45, 7) is 8.00. The Labute approximate surface area is 139 Å². The van der Waals surface area contributed by atoms with Crippen molar-refractivity contribution in [2.45, 2.75) is 45.8 Å². The van der Waals surface area contributed by atoms with Gasteiger partial charge in [0.05, 0.1) is 6.04 Å². The van der Waals surface area contributed by atoms with Crippen molar-refractivity contribution in [3.05, 3.63) is 35.4 Å². The van der Waals surface area contributed by atoms with Gasteiger partial charge in [-0.15, -0.1) is 12.4 Å². The lowest BCUT2D eigenvalue weighted by Crippen LogP contribution is -2.37. The minimum absolute atomic E-state index is 0. The summed E-state index contributed by atoms with van der Waals surface area (Å²) in [5.41, 5.74) is 7.97. The maximum absolute atomic E-state index is 11.4. The second-order valence-electron chi connectivity index (χ2n) is 6.28. The normalized spacial score (nSPS) is 17.6. The van der Waals surface area contributed by atoms with Crippen LogP contribution in [0.5, 0.6) is 0 Å². The maximum atomic E-state index is 11.4. The van der Waals surface area contributed by atoms with Gasteiger partial charge in [-0.3, -0.25) is 9.69 Å². The quantitative estimate of drug-likeness (QED) is 0.873. The van der Waals surface area contributed by atoms with Gasteiger partial charge in [0, 0.05) is 13.1 Å². The number of rotatable bonds is 5. The summed E-state index contributed by atoms with van der Waals surface area (Å²) in [4.78, 5) is 14.0. The second kappa shape index (κ2) is 9.13. The fourth-order valence-electron chi connectivity index (χ4n) is 2.59. The smallest absolute Gasteiger partial charge is 0.236 e. The molecule has 1 atom stereocenters. The van der Waals surface area contributed by atoms with Crippen LogP contribution in [0.1, 0.15) is 37.8 Å². The van der Waals surface area contributed by atoms with Crippen molar-refractivity contribution in [2.24, 2.45) is 11.7 Å². The number of amides is 1. The van der Waals surface area contributed by atoms with Crippen molar-refractivity contribution in [1.82, 2.24) is 10.2 Å². The number of likely N-dealkylation sites (tertiary alicyclic amines) is 1. The molecule has 3 N–H and O–H groups in total. The lowest BCUT2D eigenvalue weighted by Gasteiger charge is -2.30. The van der Waals surface area contributed by atoms with Gasteiger partial charge < -0.3 is 11.1 Å². The van der Waals surface area contributed by atoms with E-state index in [9.17, 15) is 4.79 Å². The van der Waals surface area contributed by atoms with Crippen molar-refractivity contribution in [1.29, 1.82) is 0 Å². The number of nitrogens with two attached hydrogens (primary N) is 1. The Balaban J connectivity index is 0.00000242. The van der Waals surface area contributed by atoms with Gasteiger partial charge >= 0.3 is 0 Å². The minimum Gasteiger partial charge on any atom is -0.351 e. The first kappa shape index (κ1) is 18.9. The van der Waals surface area contributed by atoms with Crippen LogP contribution in [-0.2, 0) is 17.9 Å². The van der Waals surface area contributed by atoms with Crippen LogP contribution in [0.15, 0.2) is 24.3 Å². The topological polar surface area (TPSA) is 58.4 Å². The molecule has 22 heavy (non-hydrogen) atoms. The first-order valence-corrected chi connectivity index (χ1v) is 7.88. The maximum Gasteiger partial charge on any atom is 0.236 e. The van der Waals surface area contributed by atoms with Gasteiger partial charge in [-0.2, -0.15) is 0 Å². The van der Waals surface area contributed by atoms with Crippen molar-refractivity contribution in [3.63, 3.8) is 0 Å². The van der Waals surface area contributed by atoms with Crippen LogP contribution in [0.25, 0.3) is 0 Å². The van der Waals surface area contributed by atoms with Crippen LogP contribution in [0.2, 0.25) is 0 Å². The van der Waals surface area contributed by atoms with Crippen LogP contribution >= 0.6 is 12.4 Å². The highest BCUT2D eigenvalue weighted by Crippen LogP contribution is 2.18. The molecule has 0 saturated carbocycles. The van der Waals surface area contributed by atoms with E-state index in [-0.39, 0.29) is 18.3 Å². The number of piperidine rings is 1. The molecule has 0 bridgehead atoms. The fraction of sp³-hybridized carbons (Fsp3) is 0.588. The van der Waals surface area contributed by atoms with Crippen LogP contribution in [0.3, 0.4) is 0 Å². The molecule has 0 aromatic heterocycles. The van der Waals surface area contributed by atoms with Gasteiger partial charge in [-0.05, 0) is 49.9 Å². The summed E-state index contributed by atoms with van der Waals surface area (Å²) < 4.78 is 0.